The summed E-state index contributed by atoms with van der Waals surface area (Å²) in [4.78, 5) is 4.25. The Bertz CT molecular complexity index is 731. The van der Waals surface area contributed by atoms with E-state index >= 15 is 0 Å². The number of nitrogens with one attached hydrogen (secondary N) is 1. The van der Waals surface area contributed by atoms with Crippen molar-refractivity contribution in [3.05, 3.63) is 35.5 Å². The molecular weight excluding hydrogens is 284 g/mol. The maximum Gasteiger partial charge on any atom is 0.152 e. The molecule has 1 atom stereocenters. The van der Waals surface area contributed by atoms with E-state index in [9.17, 15) is 8.42 Å². The zero-order valence-corrected chi connectivity index (χ0v) is 11.7. The summed E-state index contributed by atoms with van der Waals surface area (Å²) in [7, 11) is -2.89. The van der Waals surface area contributed by atoms with E-state index in [0.717, 1.165) is 16.6 Å². The Balaban J connectivity index is 1.97. The molecule has 19 heavy (non-hydrogen) atoms. The van der Waals surface area contributed by atoms with Crippen LogP contribution in [0, 0.1) is 0 Å². The Hall–Kier alpha value is -1.33. The van der Waals surface area contributed by atoms with Crippen molar-refractivity contribution in [1.29, 1.82) is 0 Å². The Labute approximate surface area is 116 Å². The smallest absolute Gasteiger partial charge is 0.152 e. The zero-order chi connectivity index (χ0) is 13.5. The van der Waals surface area contributed by atoms with Gasteiger partial charge in [-0.1, -0.05) is 29.8 Å². The van der Waals surface area contributed by atoms with Crippen molar-refractivity contribution in [3.8, 4) is 0 Å². The number of aromatic nitrogens is 1. The molecule has 0 aliphatic carbocycles. The molecule has 0 amide bonds. The van der Waals surface area contributed by atoms with Gasteiger partial charge in [-0.05, 0) is 18.6 Å². The molecule has 0 radical (unpaired) electrons. The van der Waals surface area contributed by atoms with Crippen LogP contribution in [0.3, 0.4) is 0 Å². The minimum atomic E-state index is -2.89. The van der Waals surface area contributed by atoms with Crippen LogP contribution >= 0.6 is 11.6 Å². The number of benzene rings is 1. The quantitative estimate of drug-likeness (QED) is 0.865. The molecule has 1 N–H and O–H groups in total. The number of para-hydroxylation sites is 1. The molecule has 2 aromatic rings. The molecule has 1 aromatic heterocycles. The number of rotatable bonds is 2. The van der Waals surface area contributed by atoms with E-state index in [1.54, 1.807) is 6.07 Å². The van der Waals surface area contributed by atoms with E-state index in [2.05, 4.69) is 10.3 Å². The lowest BCUT2D eigenvalue weighted by atomic mass is 10.1. The summed E-state index contributed by atoms with van der Waals surface area (Å²) in [5.41, 5.74) is 1.65. The van der Waals surface area contributed by atoms with Crippen LogP contribution in [0.1, 0.15) is 6.42 Å². The number of nitrogens with zero attached hydrogens (tertiary/aromatic N) is 1. The highest BCUT2D eigenvalue weighted by Gasteiger charge is 2.28. The monoisotopic (exact) mass is 296 g/mol. The SMILES string of the molecule is O=S1(=O)CCC(Nc2cc(Cl)nc3ccccc23)C1. The first-order chi connectivity index (χ1) is 9.03. The van der Waals surface area contributed by atoms with Crippen molar-refractivity contribution in [2.45, 2.75) is 12.5 Å². The summed E-state index contributed by atoms with van der Waals surface area (Å²) in [6, 6.07) is 9.35. The molecule has 1 fully saturated rings. The maximum absolute atomic E-state index is 11.5. The van der Waals surface area contributed by atoms with Crippen LogP contribution in [0.25, 0.3) is 10.9 Å². The first-order valence-corrected chi connectivity index (χ1v) is 8.26. The number of hydrogen-bond donors (Lipinski definition) is 1. The van der Waals surface area contributed by atoms with Crippen LogP contribution in [0.4, 0.5) is 5.69 Å². The lowest BCUT2D eigenvalue weighted by Crippen LogP contribution is -2.20. The van der Waals surface area contributed by atoms with Gasteiger partial charge in [0.05, 0.1) is 17.0 Å². The third-order valence-corrected chi connectivity index (χ3v) is 5.24. The van der Waals surface area contributed by atoms with Gasteiger partial charge in [-0.15, -0.1) is 0 Å². The fourth-order valence-corrected chi connectivity index (χ4v) is 4.26. The maximum atomic E-state index is 11.5. The van der Waals surface area contributed by atoms with Crippen LogP contribution in [0.15, 0.2) is 30.3 Å². The first kappa shape index (κ1) is 12.7. The van der Waals surface area contributed by atoms with Crippen molar-refractivity contribution in [2.24, 2.45) is 0 Å². The second kappa shape index (κ2) is 4.65. The highest BCUT2D eigenvalue weighted by Crippen LogP contribution is 2.27. The highest BCUT2D eigenvalue weighted by molar-refractivity contribution is 7.91. The summed E-state index contributed by atoms with van der Waals surface area (Å²) >= 11 is 6.00. The molecule has 1 saturated heterocycles. The predicted octanol–water partition coefficient (Wildman–Crippen LogP) is 2.49. The van der Waals surface area contributed by atoms with Crippen LogP contribution in [-0.4, -0.2) is 30.9 Å². The zero-order valence-electron chi connectivity index (χ0n) is 10.1. The van der Waals surface area contributed by atoms with Gasteiger partial charge in [0.1, 0.15) is 5.15 Å². The fourth-order valence-electron chi connectivity index (χ4n) is 2.39. The van der Waals surface area contributed by atoms with Crippen molar-refractivity contribution in [1.82, 2.24) is 4.98 Å². The predicted molar refractivity (Wildman–Crippen MR) is 77.4 cm³/mol. The van der Waals surface area contributed by atoms with Gasteiger partial charge in [-0.3, -0.25) is 0 Å². The minimum Gasteiger partial charge on any atom is -0.381 e. The van der Waals surface area contributed by atoms with Gasteiger partial charge in [0, 0.05) is 17.1 Å². The van der Waals surface area contributed by atoms with Crippen molar-refractivity contribution < 1.29 is 8.42 Å². The Morgan fingerprint density at radius 3 is 2.84 bits per heavy atom. The van der Waals surface area contributed by atoms with Crippen LogP contribution in [0.5, 0.6) is 0 Å². The molecule has 6 heteroatoms. The third-order valence-electron chi connectivity index (χ3n) is 3.28. The molecule has 0 spiro atoms. The summed E-state index contributed by atoms with van der Waals surface area (Å²) in [5, 5.41) is 4.64. The third kappa shape index (κ3) is 2.67. The lowest BCUT2D eigenvalue weighted by molar-refractivity contribution is 0.602. The normalized spacial score (nSPS) is 21.6. The second-order valence-corrected chi connectivity index (χ2v) is 7.37. The molecule has 4 nitrogen and oxygen atoms in total. The molecule has 1 aromatic carbocycles. The van der Waals surface area contributed by atoms with E-state index in [4.69, 9.17) is 11.6 Å². The van der Waals surface area contributed by atoms with Gasteiger partial charge >= 0.3 is 0 Å². The lowest BCUT2D eigenvalue weighted by Gasteiger charge is -2.14. The summed E-state index contributed by atoms with van der Waals surface area (Å²) in [6.45, 7) is 0. The second-order valence-electron chi connectivity index (χ2n) is 4.75. The standard InChI is InChI=1S/C13H13ClN2O2S/c14-13-7-12(10-3-1-2-4-11(10)16-13)15-9-5-6-19(17,18)8-9/h1-4,7,9H,5-6,8H2,(H,15,16). The topological polar surface area (TPSA) is 59.1 Å². The van der Waals surface area contributed by atoms with Gasteiger partial charge < -0.3 is 5.32 Å². The molecule has 1 unspecified atom stereocenters. The van der Waals surface area contributed by atoms with E-state index in [-0.39, 0.29) is 17.5 Å². The van der Waals surface area contributed by atoms with E-state index in [1.807, 2.05) is 24.3 Å². The Morgan fingerprint density at radius 1 is 1.32 bits per heavy atom. The number of halogens is 1. The number of fused-ring (bicyclic) bond motifs is 1. The fraction of sp³-hybridized carbons (Fsp3) is 0.308. The average Bonchev–Trinajstić information content (AvgIpc) is 2.68. The minimum absolute atomic E-state index is 0.0492. The van der Waals surface area contributed by atoms with Gasteiger partial charge in [-0.25, -0.2) is 13.4 Å². The Kier molecular flexibility index (Phi) is 3.11. The number of pyridine rings is 1. The first-order valence-electron chi connectivity index (χ1n) is 6.06. The van der Waals surface area contributed by atoms with Crippen LogP contribution in [-0.2, 0) is 9.84 Å². The van der Waals surface area contributed by atoms with E-state index in [1.165, 1.54) is 0 Å². The molecular formula is C13H13ClN2O2S. The van der Waals surface area contributed by atoms with Gasteiger partial charge in [0.15, 0.2) is 9.84 Å². The summed E-state index contributed by atoms with van der Waals surface area (Å²) in [5.74, 6) is 0.433. The molecule has 2 heterocycles. The molecule has 0 bridgehead atoms. The molecule has 0 saturated carbocycles. The largest absolute Gasteiger partial charge is 0.381 e. The molecule has 100 valence electrons. The van der Waals surface area contributed by atoms with Crippen LogP contribution < -0.4 is 5.32 Å². The van der Waals surface area contributed by atoms with E-state index < -0.39 is 9.84 Å². The van der Waals surface area contributed by atoms with Crippen LogP contribution in [0.2, 0.25) is 5.15 Å². The van der Waals surface area contributed by atoms with Crippen molar-refractivity contribution in [3.63, 3.8) is 0 Å². The Morgan fingerprint density at radius 2 is 2.11 bits per heavy atom. The van der Waals surface area contributed by atoms with Crippen molar-refractivity contribution >= 4 is 38.0 Å². The summed E-state index contributed by atoms with van der Waals surface area (Å²) < 4.78 is 23.0. The number of anilines is 1. The average molecular weight is 297 g/mol. The van der Waals surface area contributed by atoms with Gasteiger partial charge in [-0.2, -0.15) is 0 Å². The van der Waals surface area contributed by atoms with Gasteiger partial charge in [0.25, 0.3) is 0 Å². The highest BCUT2D eigenvalue weighted by atomic mass is 35.5. The van der Waals surface area contributed by atoms with E-state index in [0.29, 0.717) is 11.6 Å². The molecule has 1 aliphatic heterocycles. The summed E-state index contributed by atoms with van der Waals surface area (Å²) in [6.07, 6.45) is 0.636. The molecule has 3 rings (SSSR count). The van der Waals surface area contributed by atoms with Gasteiger partial charge in [0.2, 0.25) is 0 Å². The van der Waals surface area contributed by atoms with Crippen molar-refractivity contribution in [2.75, 3.05) is 16.8 Å². The number of sulfone groups is 1. The molecule has 1 aliphatic rings. The number of hydrogen-bond acceptors (Lipinski definition) is 4.